The Bertz CT molecular complexity index is 437. The third-order valence-electron chi connectivity index (χ3n) is 2.66. The maximum absolute atomic E-state index is 3.45. The van der Waals surface area contributed by atoms with E-state index in [1.807, 2.05) is 0 Å². The Balaban J connectivity index is 0.00000162. The van der Waals surface area contributed by atoms with Gasteiger partial charge in [0.15, 0.2) is 0 Å². The molecule has 98 valence electrons. The Morgan fingerprint density at radius 2 is 1.78 bits per heavy atom. The van der Waals surface area contributed by atoms with Gasteiger partial charge < -0.3 is 10.2 Å². The van der Waals surface area contributed by atoms with Crippen molar-refractivity contribution in [3.63, 3.8) is 0 Å². The highest BCUT2D eigenvalue weighted by molar-refractivity contribution is 7.09. The molecule has 2 nitrogen and oxygen atoms in total. The van der Waals surface area contributed by atoms with Crippen LogP contribution in [-0.2, 0) is 13.1 Å². The van der Waals surface area contributed by atoms with E-state index in [4.69, 9.17) is 0 Å². The first kappa shape index (κ1) is 15.0. The molecule has 0 fully saturated rings. The molecule has 0 radical (unpaired) electrons. The molecule has 0 aliphatic rings. The highest BCUT2D eigenvalue weighted by atomic mass is 35.5. The summed E-state index contributed by atoms with van der Waals surface area (Å²) in [6.45, 7) is 1.87. The van der Waals surface area contributed by atoms with Gasteiger partial charge in [0.25, 0.3) is 0 Å². The van der Waals surface area contributed by atoms with Gasteiger partial charge in [-0.1, -0.05) is 18.2 Å². The zero-order valence-electron chi connectivity index (χ0n) is 10.7. The van der Waals surface area contributed by atoms with Crippen LogP contribution in [0.4, 0.5) is 5.69 Å². The topological polar surface area (TPSA) is 15.3 Å². The van der Waals surface area contributed by atoms with Crippen molar-refractivity contribution in [2.75, 3.05) is 19.0 Å². The van der Waals surface area contributed by atoms with Gasteiger partial charge in [-0.15, -0.1) is 23.7 Å². The van der Waals surface area contributed by atoms with Gasteiger partial charge in [0.1, 0.15) is 0 Å². The minimum Gasteiger partial charge on any atom is -0.378 e. The maximum atomic E-state index is 3.45. The average molecular weight is 283 g/mol. The van der Waals surface area contributed by atoms with E-state index >= 15 is 0 Å². The summed E-state index contributed by atoms with van der Waals surface area (Å²) >= 11 is 1.80. The molecule has 0 aliphatic carbocycles. The summed E-state index contributed by atoms with van der Waals surface area (Å²) in [4.78, 5) is 3.50. The second-order valence-electron chi connectivity index (χ2n) is 4.24. The van der Waals surface area contributed by atoms with Gasteiger partial charge in [-0.3, -0.25) is 0 Å². The fourth-order valence-corrected chi connectivity index (χ4v) is 2.33. The van der Waals surface area contributed by atoms with Gasteiger partial charge in [0.2, 0.25) is 0 Å². The SMILES string of the molecule is CN(C)c1ccc(CNCc2cccs2)cc1.Cl. The monoisotopic (exact) mass is 282 g/mol. The molecular weight excluding hydrogens is 264 g/mol. The number of hydrogen-bond donors (Lipinski definition) is 1. The third kappa shape index (κ3) is 4.33. The van der Waals surface area contributed by atoms with Gasteiger partial charge in [0.05, 0.1) is 0 Å². The lowest BCUT2D eigenvalue weighted by Gasteiger charge is -2.12. The summed E-state index contributed by atoms with van der Waals surface area (Å²) in [5.74, 6) is 0. The molecule has 0 spiro atoms. The van der Waals surface area contributed by atoms with Crippen LogP contribution < -0.4 is 10.2 Å². The zero-order valence-corrected chi connectivity index (χ0v) is 12.4. The van der Waals surface area contributed by atoms with Crippen molar-refractivity contribution in [1.82, 2.24) is 5.32 Å². The summed E-state index contributed by atoms with van der Waals surface area (Å²) in [6.07, 6.45) is 0. The molecule has 2 aromatic rings. The number of anilines is 1. The first-order valence-electron chi connectivity index (χ1n) is 5.75. The Kier molecular flexibility index (Phi) is 6.19. The van der Waals surface area contributed by atoms with Gasteiger partial charge in [-0.05, 0) is 29.1 Å². The van der Waals surface area contributed by atoms with Crippen LogP contribution in [0.1, 0.15) is 10.4 Å². The van der Waals surface area contributed by atoms with Crippen molar-refractivity contribution < 1.29 is 0 Å². The largest absolute Gasteiger partial charge is 0.378 e. The highest BCUT2D eigenvalue weighted by Gasteiger charge is 1.97. The fraction of sp³-hybridized carbons (Fsp3) is 0.286. The number of benzene rings is 1. The molecule has 1 aromatic heterocycles. The van der Waals surface area contributed by atoms with Crippen LogP contribution >= 0.6 is 23.7 Å². The number of rotatable bonds is 5. The lowest BCUT2D eigenvalue weighted by molar-refractivity contribution is 0.701. The molecule has 0 saturated carbocycles. The zero-order chi connectivity index (χ0) is 12.1. The summed E-state index contributed by atoms with van der Waals surface area (Å²) in [6, 6.07) is 12.9. The lowest BCUT2D eigenvalue weighted by atomic mass is 10.2. The Morgan fingerprint density at radius 1 is 1.06 bits per heavy atom. The molecule has 0 amide bonds. The molecule has 0 bridgehead atoms. The molecule has 0 unspecified atom stereocenters. The quantitative estimate of drug-likeness (QED) is 0.903. The predicted molar refractivity (Wildman–Crippen MR) is 82.9 cm³/mol. The van der Waals surface area contributed by atoms with Gasteiger partial charge >= 0.3 is 0 Å². The van der Waals surface area contributed by atoms with E-state index in [1.54, 1.807) is 11.3 Å². The lowest BCUT2D eigenvalue weighted by Crippen LogP contribution is -2.12. The van der Waals surface area contributed by atoms with E-state index in [1.165, 1.54) is 16.1 Å². The van der Waals surface area contributed by atoms with Crippen molar-refractivity contribution in [2.45, 2.75) is 13.1 Å². The molecule has 4 heteroatoms. The van der Waals surface area contributed by atoms with Gasteiger partial charge in [-0.25, -0.2) is 0 Å². The molecule has 0 saturated heterocycles. The van der Waals surface area contributed by atoms with E-state index in [0.29, 0.717) is 0 Å². The number of nitrogens with one attached hydrogen (secondary N) is 1. The third-order valence-corrected chi connectivity index (χ3v) is 3.54. The predicted octanol–water partition coefficient (Wildman–Crippen LogP) is 3.53. The second kappa shape index (κ2) is 7.41. The summed E-state index contributed by atoms with van der Waals surface area (Å²) in [7, 11) is 4.12. The van der Waals surface area contributed by atoms with Crippen molar-refractivity contribution in [1.29, 1.82) is 0 Å². The minimum atomic E-state index is 0. The van der Waals surface area contributed by atoms with Crippen molar-refractivity contribution >= 4 is 29.4 Å². The molecule has 1 aromatic carbocycles. The molecule has 2 rings (SSSR count). The number of halogens is 1. The van der Waals surface area contributed by atoms with E-state index in [2.05, 4.69) is 66.1 Å². The van der Waals surface area contributed by atoms with Crippen molar-refractivity contribution in [3.05, 3.63) is 52.2 Å². The van der Waals surface area contributed by atoms with E-state index in [-0.39, 0.29) is 12.4 Å². The molecule has 1 N–H and O–H groups in total. The van der Waals surface area contributed by atoms with Crippen LogP contribution in [-0.4, -0.2) is 14.1 Å². The smallest absolute Gasteiger partial charge is 0.0361 e. The highest BCUT2D eigenvalue weighted by Crippen LogP contribution is 2.12. The van der Waals surface area contributed by atoms with Crippen LogP contribution in [0.2, 0.25) is 0 Å². The Labute approximate surface area is 119 Å². The second-order valence-corrected chi connectivity index (χ2v) is 5.28. The van der Waals surface area contributed by atoms with Crippen LogP contribution in [0.3, 0.4) is 0 Å². The molecular formula is C14H19ClN2S. The summed E-state index contributed by atoms with van der Waals surface area (Å²) < 4.78 is 0. The fourth-order valence-electron chi connectivity index (χ4n) is 1.66. The van der Waals surface area contributed by atoms with Crippen LogP contribution in [0.15, 0.2) is 41.8 Å². The van der Waals surface area contributed by atoms with E-state index < -0.39 is 0 Å². The first-order valence-corrected chi connectivity index (χ1v) is 6.63. The number of nitrogens with zero attached hydrogens (tertiary/aromatic N) is 1. The Hall–Kier alpha value is -1.03. The molecule has 0 aliphatic heterocycles. The standard InChI is InChI=1S/C14H18N2S.ClH/c1-16(2)13-7-5-12(6-8-13)10-15-11-14-4-3-9-17-14;/h3-9,15H,10-11H2,1-2H3;1H. The molecule has 0 atom stereocenters. The van der Waals surface area contributed by atoms with Gasteiger partial charge in [0, 0.05) is 37.7 Å². The first-order chi connectivity index (χ1) is 8.25. The number of thiophene rings is 1. The van der Waals surface area contributed by atoms with E-state index in [0.717, 1.165) is 13.1 Å². The van der Waals surface area contributed by atoms with Crippen LogP contribution in [0, 0.1) is 0 Å². The minimum absolute atomic E-state index is 0. The maximum Gasteiger partial charge on any atom is 0.0361 e. The van der Waals surface area contributed by atoms with Crippen molar-refractivity contribution in [2.24, 2.45) is 0 Å². The number of hydrogen-bond acceptors (Lipinski definition) is 3. The Morgan fingerprint density at radius 3 is 2.33 bits per heavy atom. The van der Waals surface area contributed by atoms with Gasteiger partial charge in [-0.2, -0.15) is 0 Å². The normalized spacial score (nSPS) is 9.89. The summed E-state index contributed by atoms with van der Waals surface area (Å²) in [5, 5.41) is 5.56. The molecule has 1 heterocycles. The van der Waals surface area contributed by atoms with E-state index in [9.17, 15) is 0 Å². The van der Waals surface area contributed by atoms with Crippen molar-refractivity contribution in [3.8, 4) is 0 Å². The average Bonchev–Trinajstić information content (AvgIpc) is 2.83. The molecule has 18 heavy (non-hydrogen) atoms. The summed E-state index contributed by atoms with van der Waals surface area (Å²) in [5.41, 5.74) is 2.57. The van der Waals surface area contributed by atoms with Crippen LogP contribution in [0.25, 0.3) is 0 Å². The van der Waals surface area contributed by atoms with Crippen LogP contribution in [0.5, 0.6) is 0 Å².